The van der Waals surface area contributed by atoms with Gasteiger partial charge in [0, 0.05) is 17.7 Å². The molecule has 0 bridgehead atoms. The molecule has 7 heteroatoms. The number of pyridine rings is 1. The standard InChI is InChI=1S/C27H24F2N2O3/c1-17-3-5-18(6-4-17)7-8-20-13-19-9-11-22(34-2)15-25(19)31(27(20)33)16-26(32)30-24-12-10-21(28)14-23(24)29/h3-6,9-15H,7-8,16H2,1-2H3,(H,30,32). The minimum atomic E-state index is -0.890. The number of aromatic nitrogens is 1. The molecule has 0 spiro atoms. The molecular formula is C27H24F2N2O3. The number of hydrogen-bond donors (Lipinski definition) is 1. The molecule has 5 nitrogen and oxygen atoms in total. The zero-order valence-electron chi connectivity index (χ0n) is 18.9. The summed E-state index contributed by atoms with van der Waals surface area (Å²) in [5, 5.41) is 3.20. The van der Waals surface area contributed by atoms with Crippen LogP contribution in [0.25, 0.3) is 10.9 Å². The maximum atomic E-state index is 14.0. The smallest absolute Gasteiger partial charge is 0.254 e. The lowest BCUT2D eigenvalue weighted by atomic mass is 10.0. The van der Waals surface area contributed by atoms with Gasteiger partial charge in [0.05, 0.1) is 18.3 Å². The molecule has 4 aromatic rings. The fourth-order valence-electron chi connectivity index (χ4n) is 3.83. The molecule has 1 heterocycles. The second-order valence-electron chi connectivity index (χ2n) is 8.14. The third-order valence-electron chi connectivity index (χ3n) is 5.69. The van der Waals surface area contributed by atoms with Crippen LogP contribution in [0.4, 0.5) is 14.5 Å². The highest BCUT2D eigenvalue weighted by Gasteiger charge is 2.15. The van der Waals surface area contributed by atoms with Gasteiger partial charge >= 0.3 is 0 Å². The summed E-state index contributed by atoms with van der Waals surface area (Å²) in [6.45, 7) is 1.68. The number of nitrogens with zero attached hydrogens (tertiary/aromatic N) is 1. The number of fused-ring (bicyclic) bond motifs is 1. The van der Waals surface area contributed by atoms with Crippen molar-refractivity contribution < 1.29 is 18.3 Å². The molecule has 0 unspecified atom stereocenters. The van der Waals surface area contributed by atoms with E-state index in [1.165, 1.54) is 11.7 Å². The first kappa shape index (κ1) is 23.2. The Balaban J connectivity index is 1.67. The second kappa shape index (κ2) is 9.87. The Bertz CT molecular complexity index is 1410. The first-order valence-electron chi connectivity index (χ1n) is 10.8. The Hall–Kier alpha value is -4.00. The van der Waals surface area contributed by atoms with Crippen molar-refractivity contribution in [2.24, 2.45) is 0 Å². The number of methoxy groups -OCH3 is 1. The predicted molar refractivity (Wildman–Crippen MR) is 128 cm³/mol. The highest BCUT2D eigenvalue weighted by Crippen LogP contribution is 2.22. The van der Waals surface area contributed by atoms with Gasteiger partial charge in [0.1, 0.15) is 23.9 Å². The highest BCUT2D eigenvalue weighted by atomic mass is 19.1. The van der Waals surface area contributed by atoms with Crippen LogP contribution in [0, 0.1) is 18.6 Å². The molecule has 0 fully saturated rings. The van der Waals surface area contributed by atoms with Gasteiger partial charge in [0.2, 0.25) is 5.91 Å². The fraction of sp³-hybridized carbons (Fsp3) is 0.185. The quantitative estimate of drug-likeness (QED) is 0.420. The second-order valence-corrected chi connectivity index (χ2v) is 8.14. The summed E-state index contributed by atoms with van der Waals surface area (Å²) in [5.74, 6) is -1.70. The van der Waals surface area contributed by atoms with Gasteiger partial charge in [-0.15, -0.1) is 0 Å². The van der Waals surface area contributed by atoms with E-state index in [-0.39, 0.29) is 17.8 Å². The van der Waals surface area contributed by atoms with E-state index in [9.17, 15) is 18.4 Å². The van der Waals surface area contributed by atoms with Gasteiger partial charge in [-0.05, 0) is 61.0 Å². The normalized spacial score (nSPS) is 10.9. The predicted octanol–water partition coefficient (Wildman–Crippen LogP) is 5.02. The molecule has 174 valence electrons. The van der Waals surface area contributed by atoms with Gasteiger partial charge in [-0.3, -0.25) is 14.2 Å². The van der Waals surface area contributed by atoms with Crippen molar-refractivity contribution in [1.29, 1.82) is 0 Å². The SMILES string of the molecule is COc1ccc2cc(CCc3ccc(C)cc3)c(=O)n(CC(=O)Nc3ccc(F)cc3F)c2c1. The molecule has 0 aliphatic heterocycles. The number of halogens is 2. The number of carbonyl (C=O) groups is 1. The van der Waals surface area contributed by atoms with E-state index in [0.29, 0.717) is 35.7 Å². The molecule has 0 saturated carbocycles. The number of rotatable bonds is 7. The molecule has 0 aliphatic rings. The monoisotopic (exact) mass is 462 g/mol. The third kappa shape index (κ3) is 5.14. The van der Waals surface area contributed by atoms with Gasteiger partial charge in [0.25, 0.3) is 5.56 Å². The molecule has 0 saturated heterocycles. The van der Waals surface area contributed by atoms with E-state index in [4.69, 9.17) is 4.74 Å². The van der Waals surface area contributed by atoms with Crippen LogP contribution in [0.1, 0.15) is 16.7 Å². The van der Waals surface area contributed by atoms with Crippen LogP contribution < -0.4 is 15.6 Å². The molecular weight excluding hydrogens is 438 g/mol. The Morgan fingerprint density at radius 3 is 2.44 bits per heavy atom. The number of ether oxygens (including phenoxy) is 1. The van der Waals surface area contributed by atoms with Gasteiger partial charge in [-0.25, -0.2) is 8.78 Å². The van der Waals surface area contributed by atoms with Gasteiger partial charge in [-0.1, -0.05) is 29.8 Å². The maximum absolute atomic E-state index is 14.0. The van der Waals surface area contributed by atoms with E-state index in [0.717, 1.165) is 28.6 Å². The first-order valence-corrected chi connectivity index (χ1v) is 10.8. The van der Waals surface area contributed by atoms with Crippen molar-refractivity contribution in [2.75, 3.05) is 12.4 Å². The molecule has 34 heavy (non-hydrogen) atoms. The lowest BCUT2D eigenvalue weighted by Crippen LogP contribution is -2.30. The Kier molecular flexibility index (Phi) is 6.72. The maximum Gasteiger partial charge on any atom is 0.254 e. The summed E-state index contributed by atoms with van der Waals surface area (Å²) >= 11 is 0. The minimum Gasteiger partial charge on any atom is -0.497 e. The highest BCUT2D eigenvalue weighted by molar-refractivity contribution is 5.92. The summed E-state index contributed by atoms with van der Waals surface area (Å²) in [6, 6.07) is 18.1. The van der Waals surface area contributed by atoms with Crippen LogP contribution in [0.5, 0.6) is 5.75 Å². The van der Waals surface area contributed by atoms with E-state index in [2.05, 4.69) is 5.32 Å². The van der Waals surface area contributed by atoms with Gasteiger partial charge < -0.3 is 10.1 Å². The van der Waals surface area contributed by atoms with E-state index in [1.54, 1.807) is 12.1 Å². The van der Waals surface area contributed by atoms with Crippen LogP contribution in [0.15, 0.2) is 71.5 Å². The molecule has 1 aromatic heterocycles. The number of nitrogens with one attached hydrogen (secondary N) is 1. The minimum absolute atomic E-state index is 0.156. The molecule has 1 amide bonds. The van der Waals surface area contributed by atoms with Gasteiger partial charge in [-0.2, -0.15) is 0 Å². The average molecular weight is 462 g/mol. The number of benzene rings is 3. The molecule has 0 atom stereocenters. The zero-order valence-corrected chi connectivity index (χ0v) is 18.9. The summed E-state index contributed by atoms with van der Waals surface area (Å²) in [7, 11) is 1.52. The average Bonchev–Trinajstić information content (AvgIpc) is 2.82. The number of amides is 1. The summed E-state index contributed by atoms with van der Waals surface area (Å²) in [5.41, 5.74) is 2.90. The summed E-state index contributed by atoms with van der Waals surface area (Å²) < 4.78 is 33.8. The number of anilines is 1. The van der Waals surface area contributed by atoms with Crippen LogP contribution in [-0.4, -0.2) is 17.6 Å². The lowest BCUT2D eigenvalue weighted by Gasteiger charge is -2.14. The summed E-state index contributed by atoms with van der Waals surface area (Å²) in [4.78, 5) is 26.1. The van der Waals surface area contributed by atoms with E-state index < -0.39 is 17.5 Å². The van der Waals surface area contributed by atoms with Crippen molar-refractivity contribution in [2.45, 2.75) is 26.3 Å². The van der Waals surface area contributed by atoms with Crippen molar-refractivity contribution in [1.82, 2.24) is 4.57 Å². The Morgan fingerprint density at radius 2 is 1.74 bits per heavy atom. The Labute approximate surface area is 195 Å². The van der Waals surface area contributed by atoms with Crippen LogP contribution in [0.2, 0.25) is 0 Å². The third-order valence-corrected chi connectivity index (χ3v) is 5.69. The van der Waals surface area contributed by atoms with Crippen LogP contribution in [0.3, 0.4) is 0 Å². The van der Waals surface area contributed by atoms with Crippen molar-refractivity contribution >= 4 is 22.5 Å². The molecule has 4 rings (SSSR count). The number of carbonyl (C=O) groups excluding carboxylic acids is 1. The number of hydrogen-bond acceptors (Lipinski definition) is 3. The molecule has 1 N–H and O–H groups in total. The zero-order chi connectivity index (χ0) is 24.2. The van der Waals surface area contributed by atoms with E-state index >= 15 is 0 Å². The topological polar surface area (TPSA) is 60.3 Å². The fourth-order valence-corrected chi connectivity index (χ4v) is 3.83. The van der Waals surface area contributed by atoms with Crippen molar-refractivity contribution in [3.8, 4) is 5.75 Å². The lowest BCUT2D eigenvalue weighted by molar-refractivity contribution is -0.116. The van der Waals surface area contributed by atoms with E-state index in [1.807, 2.05) is 43.3 Å². The molecule has 3 aromatic carbocycles. The summed E-state index contributed by atoms with van der Waals surface area (Å²) in [6.07, 6.45) is 1.17. The van der Waals surface area contributed by atoms with Crippen molar-refractivity contribution in [3.05, 3.63) is 105 Å². The van der Waals surface area contributed by atoms with Gasteiger partial charge in [0.15, 0.2) is 0 Å². The molecule has 0 radical (unpaired) electrons. The van der Waals surface area contributed by atoms with Crippen molar-refractivity contribution in [3.63, 3.8) is 0 Å². The first-order chi connectivity index (χ1) is 16.3. The largest absolute Gasteiger partial charge is 0.497 e. The number of aryl methyl sites for hydroxylation is 3. The van der Waals surface area contributed by atoms with Crippen LogP contribution >= 0.6 is 0 Å². The molecule has 0 aliphatic carbocycles. The Morgan fingerprint density at radius 1 is 0.971 bits per heavy atom. The van der Waals surface area contributed by atoms with Crippen LogP contribution in [-0.2, 0) is 24.2 Å².